The van der Waals surface area contributed by atoms with Gasteiger partial charge in [0.2, 0.25) is 5.91 Å². The summed E-state index contributed by atoms with van der Waals surface area (Å²) in [4.78, 5) is 24.5. The topological polar surface area (TPSA) is 109 Å². The highest BCUT2D eigenvalue weighted by atomic mass is 35.5. The first-order valence-electron chi connectivity index (χ1n) is 10.5. The molecule has 2 heterocycles. The van der Waals surface area contributed by atoms with Crippen molar-refractivity contribution < 1.29 is 24.2 Å². The minimum Gasteiger partial charge on any atom is -0.394 e. The number of benzene rings is 1. The van der Waals surface area contributed by atoms with Gasteiger partial charge in [-0.1, -0.05) is 17.7 Å². The number of nitrogens with one attached hydrogen (secondary N) is 3. The quantitative estimate of drug-likeness (QED) is 0.521. The molecule has 2 aliphatic heterocycles. The van der Waals surface area contributed by atoms with E-state index in [9.17, 15) is 14.7 Å². The number of carbonyl (C=O) groups is 2. The first-order valence-corrected chi connectivity index (χ1v) is 10.9. The lowest BCUT2D eigenvalue weighted by Crippen LogP contribution is -2.52. The third-order valence-electron chi connectivity index (χ3n) is 5.55. The van der Waals surface area contributed by atoms with Gasteiger partial charge < -0.3 is 30.5 Å². The fourth-order valence-corrected chi connectivity index (χ4v) is 4.06. The Kier molecular flexibility index (Phi) is 8.74. The summed E-state index contributed by atoms with van der Waals surface area (Å²) in [6.45, 7) is 1.63. The Labute approximate surface area is 181 Å². The second-order valence-corrected chi connectivity index (χ2v) is 8.17. The van der Waals surface area contributed by atoms with Gasteiger partial charge in [-0.05, 0) is 50.3 Å². The molecule has 0 unspecified atom stereocenters. The van der Waals surface area contributed by atoms with Crippen LogP contribution in [0.15, 0.2) is 24.3 Å². The molecule has 0 bridgehead atoms. The Hall–Kier alpha value is -1.87. The summed E-state index contributed by atoms with van der Waals surface area (Å²) < 4.78 is 11.2. The van der Waals surface area contributed by atoms with Gasteiger partial charge in [0.15, 0.2) is 0 Å². The van der Waals surface area contributed by atoms with Gasteiger partial charge >= 0.3 is 6.03 Å². The number of halogens is 1. The van der Waals surface area contributed by atoms with Crippen molar-refractivity contribution in [1.29, 1.82) is 0 Å². The van der Waals surface area contributed by atoms with Gasteiger partial charge in [-0.3, -0.25) is 4.79 Å². The van der Waals surface area contributed by atoms with Crippen LogP contribution in [0.3, 0.4) is 0 Å². The minimum absolute atomic E-state index is 0.0304. The molecule has 1 aromatic rings. The zero-order valence-electron chi connectivity index (χ0n) is 16.9. The molecule has 0 saturated carbocycles. The maximum atomic E-state index is 12.3. The summed E-state index contributed by atoms with van der Waals surface area (Å²) in [6, 6.07) is 6.23. The Morgan fingerprint density at radius 2 is 1.97 bits per heavy atom. The summed E-state index contributed by atoms with van der Waals surface area (Å²) in [5.41, 5.74) is 0.593. The molecular formula is C21H30ClN3O5. The van der Waals surface area contributed by atoms with Crippen LogP contribution in [0, 0.1) is 5.92 Å². The van der Waals surface area contributed by atoms with E-state index < -0.39 is 6.10 Å². The molecule has 0 spiro atoms. The molecular weight excluding hydrogens is 410 g/mol. The van der Waals surface area contributed by atoms with Gasteiger partial charge in [0.25, 0.3) is 0 Å². The van der Waals surface area contributed by atoms with Crippen molar-refractivity contribution in [2.45, 2.75) is 50.4 Å². The summed E-state index contributed by atoms with van der Waals surface area (Å²) in [6.07, 6.45) is 3.09. The van der Waals surface area contributed by atoms with Crippen LogP contribution in [-0.4, -0.2) is 61.7 Å². The lowest BCUT2D eigenvalue weighted by molar-refractivity contribution is -0.128. The van der Waals surface area contributed by atoms with E-state index in [1.54, 1.807) is 24.3 Å². The highest BCUT2D eigenvalue weighted by Crippen LogP contribution is 2.22. The summed E-state index contributed by atoms with van der Waals surface area (Å²) in [5, 5.41) is 18.8. The van der Waals surface area contributed by atoms with E-state index in [2.05, 4.69) is 16.0 Å². The van der Waals surface area contributed by atoms with Gasteiger partial charge in [-0.15, -0.1) is 0 Å². The number of amides is 3. The number of aliphatic hydroxyl groups excluding tert-OH is 1. The maximum absolute atomic E-state index is 12.3. The monoisotopic (exact) mass is 439 g/mol. The Morgan fingerprint density at radius 1 is 1.17 bits per heavy atom. The third-order valence-corrected chi connectivity index (χ3v) is 5.79. The average Bonchev–Trinajstić information content (AvgIpc) is 2.75. The van der Waals surface area contributed by atoms with Gasteiger partial charge in [0.05, 0.1) is 18.8 Å². The molecule has 3 atom stereocenters. The second-order valence-electron chi connectivity index (χ2n) is 7.74. The van der Waals surface area contributed by atoms with Crippen molar-refractivity contribution >= 4 is 29.2 Å². The number of aliphatic hydroxyl groups is 1. The summed E-state index contributed by atoms with van der Waals surface area (Å²) >= 11 is 5.93. The lowest BCUT2D eigenvalue weighted by atomic mass is 9.96. The van der Waals surface area contributed by atoms with Crippen LogP contribution in [0.1, 0.15) is 32.1 Å². The fourth-order valence-electron chi connectivity index (χ4n) is 3.87. The third kappa shape index (κ3) is 6.84. The largest absolute Gasteiger partial charge is 0.394 e. The Balaban J connectivity index is 1.39. The SMILES string of the molecule is O=C(Nc1cccc(Cl)c1)N[C@@H]1CC[C@H](CCNC(=O)C2CCOCC2)O[C@@H]1CO. The van der Waals surface area contributed by atoms with Crippen LogP contribution in [0.5, 0.6) is 0 Å². The van der Waals surface area contributed by atoms with Crippen LogP contribution in [-0.2, 0) is 14.3 Å². The molecule has 8 nitrogen and oxygen atoms in total. The van der Waals surface area contributed by atoms with Crippen LogP contribution >= 0.6 is 11.6 Å². The van der Waals surface area contributed by atoms with Gasteiger partial charge in [0.1, 0.15) is 6.10 Å². The van der Waals surface area contributed by atoms with Crippen LogP contribution < -0.4 is 16.0 Å². The molecule has 3 amide bonds. The van der Waals surface area contributed by atoms with E-state index in [1.807, 2.05) is 0 Å². The van der Waals surface area contributed by atoms with Crippen LogP contribution in [0.4, 0.5) is 10.5 Å². The predicted molar refractivity (Wildman–Crippen MR) is 114 cm³/mol. The molecule has 2 aliphatic rings. The normalized spacial score (nSPS) is 24.8. The molecule has 1 aromatic carbocycles. The number of carbonyl (C=O) groups excluding carboxylic acids is 2. The van der Waals surface area contributed by atoms with Crippen LogP contribution in [0.25, 0.3) is 0 Å². The minimum atomic E-state index is -0.486. The number of hydrogen-bond acceptors (Lipinski definition) is 5. The van der Waals surface area contributed by atoms with E-state index in [-0.39, 0.29) is 36.6 Å². The molecule has 30 heavy (non-hydrogen) atoms. The van der Waals surface area contributed by atoms with Crippen molar-refractivity contribution in [2.24, 2.45) is 5.92 Å². The lowest BCUT2D eigenvalue weighted by Gasteiger charge is -2.36. The highest BCUT2D eigenvalue weighted by molar-refractivity contribution is 6.30. The molecule has 0 radical (unpaired) electrons. The number of ether oxygens (including phenoxy) is 2. The first kappa shape index (κ1) is 22.8. The van der Waals surface area contributed by atoms with E-state index >= 15 is 0 Å². The van der Waals surface area contributed by atoms with Crippen molar-refractivity contribution in [3.05, 3.63) is 29.3 Å². The molecule has 2 fully saturated rings. The van der Waals surface area contributed by atoms with Crippen molar-refractivity contribution in [3.63, 3.8) is 0 Å². The predicted octanol–water partition coefficient (Wildman–Crippen LogP) is 2.30. The van der Waals surface area contributed by atoms with Gasteiger partial charge in [0, 0.05) is 36.4 Å². The molecule has 4 N–H and O–H groups in total. The smallest absolute Gasteiger partial charge is 0.319 e. The van der Waals surface area contributed by atoms with E-state index in [0.717, 1.165) is 19.3 Å². The molecule has 166 valence electrons. The summed E-state index contributed by atoms with van der Waals surface area (Å²) in [5.74, 6) is 0.104. The Morgan fingerprint density at radius 3 is 2.70 bits per heavy atom. The zero-order chi connectivity index (χ0) is 21.3. The molecule has 3 rings (SSSR count). The van der Waals surface area contributed by atoms with Crippen LogP contribution in [0.2, 0.25) is 5.02 Å². The average molecular weight is 440 g/mol. The van der Waals surface area contributed by atoms with Gasteiger partial charge in [-0.25, -0.2) is 4.79 Å². The Bertz CT molecular complexity index is 714. The molecule has 0 aromatic heterocycles. The van der Waals surface area contributed by atoms with Gasteiger partial charge in [-0.2, -0.15) is 0 Å². The highest BCUT2D eigenvalue weighted by Gasteiger charge is 2.32. The van der Waals surface area contributed by atoms with Crippen molar-refractivity contribution in [3.8, 4) is 0 Å². The van der Waals surface area contributed by atoms with Crippen molar-refractivity contribution in [1.82, 2.24) is 10.6 Å². The standard InChI is InChI=1S/C21H30ClN3O5/c22-15-2-1-3-16(12-15)24-21(28)25-18-5-4-17(30-19(18)13-26)6-9-23-20(27)14-7-10-29-11-8-14/h1-3,12,14,17-19,26H,4-11,13H2,(H,23,27)(H2,24,25,28)/t17-,18-,19-/m1/s1. The molecule has 9 heteroatoms. The number of rotatable bonds is 7. The second kappa shape index (κ2) is 11.5. The number of hydrogen-bond donors (Lipinski definition) is 4. The number of urea groups is 1. The van der Waals surface area contributed by atoms with Crippen molar-refractivity contribution in [2.75, 3.05) is 31.7 Å². The van der Waals surface area contributed by atoms with E-state index in [4.69, 9.17) is 21.1 Å². The maximum Gasteiger partial charge on any atom is 0.319 e. The molecule has 0 aliphatic carbocycles. The zero-order valence-corrected chi connectivity index (χ0v) is 17.7. The fraction of sp³-hybridized carbons (Fsp3) is 0.619. The summed E-state index contributed by atoms with van der Waals surface area (Å²) in [7, 11) is 0. The number of anilines is 1. The van der Waals surface area contributed by atoms with E-state index in [1.165, 1.54) is 0 Å². The first-order chi connectivity index (χ1) is 14.5. The van der Waals surface area contributed by atoms with E-state index in [0.29, 0.717) is 43.3 Å². The molecule has 2 saturated heterocycles.